The van der Waals surface area contributed by atoms with Gasteiger partial charge in [-0.25, -0.2) is 0 Å². The third kappa shape index (κ3) is 4.55. The molecule has 0 bridgehead atoms. The number of hydrogen-bond donors (Lipinski definition) is 2. The predicted octanol–water partition coefficient (Wildman–Crippen LogP) is 0.673. The number of hydrogen-bond acceptors (Lipinski definition) is 4. The zero-order chi connectivity index (χ0) is 11.3. The number of carbonyl (C=O) groups is 1. The highest BCUT2D eigenvalue weighted by molar-refractivity contribution is 6.44. The van der Waals surface area contributed by atoms with Crippen molar-refractivity contribution in [1.82, 2.24) is 10.6 Å². The van der Waals surface area contributed by atoms with Gasteiger partial charge < -0.3 is 15.4 Å². The highest BCUT2D eigenvalue weighted by Gasteiger charge is 2.30. The number of alkyl halides is 2. The van der Waals surface area contributed by atoms with Crippen molar-refractivity contribution in [2.24, 2.45) is 0 Å². The average molecular weight is 255 g/mol. The van der Waals surface area contributed by atoms with Crippen LogP contribution in [-0.4, -0.2) is 42.6 Å². The smallest absolute Gasteiger partial charge is 0.323 e. The molecule has 1 unspecified atom stereocenters. The van der Waals surface area contributed by atoms with Crippen LogP contribution in [0.4, 0.5) is 0 Å². The van der Waals surface area contributed by atoms with Gasteiger partial charge in [-0.2, -0.15) is 0 Å². The molecule has 1 fully saturated rings. The summed E-state index contributed by atoms with van der Waals surface area (Å²) in [5.41, 5.74) is 0. The van der Waals surface area contributed by atoms with Gasteiger partial charge in [0.15, 0.2) is 0 Å². The molecule has 0 spiro atoms. The predicted molar refractivity (Wildman–Crippen MR) is 60.3 cm³/mol. The number of esters is 1. The molecule has 1 aliphatic rings. The van der Waals surface area contributed by atoms with Crippen LogP contribution in [0.5, 0.6) is 0 Å². The van der Waals surface area contributed by atoms with Gasteiger partial charge in [0.05, 0.1) is 6.61 Å². The largest absolute Gasteiger partial charge is 0.465 e. The van der Waals surface area contributed by atoms with Crippen LogP contribution >= 0.6 is 23.2 Å². The molecule has 6 heteroatoms. The van der Waals surface area contributed by atoms with Crippen molar-refractivity contribution in [2.45, 2.75) is 30.3 Å². The molecule has 2 atom stereocenters. The van der Waals surface area contributed by atoms with Crippen molar-refractivity contribution in [3.63, 3.8) is 0 Å². The van der Waals surface area contributed by atoms with E-state index in [2.05, 4.69) is 10.6 Å². The second kappa shape index (κ2) is 6.53. The Labute approximate surface area is 99.6 Å². The van der Waals surface area contributed by atoms with E-state index in [1.165, 1.54) is 0 Å². The van der Waals surface area contributed by atoms with Crippen LogP contribution in [0.3, 0.4) is 0 Å². The Morgan fingerprint density at radius 3 is 3.00 bits per heavy atom. The minimum atomic E-state index is -0.411. The van der Waals surface area contributed by atoms with Gasteiger partial charge in [0, 0.05) is 19.1 Å². The third-order valence-corrected chi connectivity index (χ3v) is 2.57. The molecule has 1 saturated heterocycles. The molecular weight excluding hydrogens is 239 g/mol. The minimum absolute atomic E-state index is 0.185. The van der Waals surface area contributed by atoms with Crippen LogP contribution in [0.15, 0.2) is 0 Å². The van der Waals surface area contributed by atoms with E-state index in [0.717, 1.165) is 13.0 Å². The van der Waals surface area contributed by atoms with Crippen LogP contribution < -0.4 is 10.6 Å². The van der Waals surface area contributed by atoms with Crippen LogP contribution in [0.25, 0.3) is 0 Å². The highest BCUT2D eigenvalue weighted by atomic mass is 35.5. The van der Waals surface area contributed by atoms with Gasteiger partial charge in [-0.05, 0) is 13.3 Å². The molecule has 0 aromatic carbocycles. The van der Waals surface area contributed by atoms with Crippen molar-refractivity contribution < 1.29 is 9.53 Å². The van der Waals surface area contributed by atoms with Crippen LogP contribution in [0, 0.1) is 0 Å². The first-order valence-corrected chi connectivity index (χ1v) is 5.92. The number of halogens is 2. The van der Waals surface area contributed by atoms with Gasteiger partial charge in [-0.3, -0.25) is 4.79 Å². The van der Waals surface area contributed by atoms with Crippen molar-refractivity contribution in [1.29, 1.82) is 0 Å². The standard InChI is InChI=1S/C9H16Cl2N2O2/c1-2-15-9(14)7-3-6(4-13-7)12-5-8(10)11/h6-8,12-13H,2-5H2,1H3/t6?,7-/m0/s1. The molecule has 88 valence electrons. The summed E-state index contributed by atoms with van der Waals surface area (Å²) in [6.45, 7) is 3.49. The molecule has 0 radical (unpaired) electrons. The maximum Gasteiger partial charge on any atom is 0.323 e. The summed E-state index contributed by atoms with van der Waals surface area (Å²) < 4.78 is 4.92. The first-order valence-electron chi connectivity index (χ1n) is 5.05. The molecule has 0 aromatic heterocycles. The molecule has 2 N–H and O–H groups in total. The van der Waals surface area contributed by atoms with Gasteiger partial charge in [-0.1, -0.05) is 0 Å². The number of carbonyl (C=O) groups excluding carboxylic acids is 1. The van der Waals surface area contributed by atoms with E-state index < -0.39 is 4.84 Å². The average Bonchev–Trinajstić information content (AvgIpc) is 2.63. The van der Waals surface area contributed by atoms with E-state index >= 15 is 0 Å². The Bertz CT molecular complexity index is 214. The topological polar surface area (TPSA) is 50.4 Å². The van der Waals surface area contributed by atoms with Crippen LogP contribution in [0.2, 0.25) is 0 Å². The molecule has 1 aliphatic heterocycles. The van der Waals surface area contributed by atoms with Gasteiger partial charge in [0.2, 0.25) is 0 Å². The normalized spacial score (nSPS) is 25.9. The second-order valence-electron chi connectivity index (χ2n) is 3.44. The van der Waals surface area contributed by atoms with E-state index in [1.807, 2.05) is 0 Å². The lowest BCUT2D eigenvalue weighted by Crippen LogP contribution is -2.33. The maximum atomic E-state index is 11.4. The summed E-state index contributed by atoms with van der Waals surface area (Å²) >= 11 is 11.2. The number of nitrogens with one attached hydrogen (secondary N) is 2. The van der Waals surface area contributed by atoms with Crippen molar-refractivity contribution >= 4 is 29.2 Å². The van der Waals surface area contributed by atoms with E-state index in [4.69, 9.17) is 27.9 Å². The summed E-state index contributed by atoms with van der Waals surface area (Å²) in [7, 11) is 0. The van der Waals surface area contributed by atoms with Gasteiger partial charge in [0.25, 0.3) is 0 Å². The molecule has 15 heavy (non-hydrogen) atoms. The summed E-state index contributed by atoms with van der Waals surface area (Å²) in [6, 6.07) is 0.0333. The van der Waals surface area contributed by atoms with Crippen LogP contribution in [-0.2, 0) is 9.53 Å². The molecule has 1 heterocycles. The van der Waals surface area contributed by atoms with Crippen LogP contribution in [0.1, 0.15) is 13.3 Å². The van der Waals surface area contributed by atoms with Gasteiger partial charge in [0.1, 0.15) is 10.9 Å². The number of ether oxygens (including phenoxy) is 1. The summed E-state index contributed by atoms with van der Waals surface area (Å²) in [4.78, 5) is 11.0. The molecule has 0 aromatic rings. The monoisotopic (exact) mass is 254 g/mol. The second-order valence-corrected chi connectivity index (χ2v) is 4.72. The molecule has 0 aliphatic carbocycles. The Morgan fingerprint density at radius 1 is 1.67 bits per heavy atom. The first kappa shape index (κ1) is 13.0. The Hall–Kier alpha value is -0.0300. The number of rotatable bonds is 5. The fraction of sp³-hybridized carbons (Fsp3) is 0.889. The lowest BCUT2D eigenvalue weighted by molar-refractivity contribution is -0.145. The zero-order valence-electron chi connectivity index (χ0n) is 8.63. The first-order chi connectivity index (χ1) is 7.13. The maximum absolute atomic E-state index is 11.4. The summed E-state index contributed by atoms with van der Waals surface area (Å²) in [5.74, 6) is -0.185. The summed E-state index contributed by atoms with van der Waals surface area (Å²) in [6.07, 6.45) is 0.722. The molecule has 0 amide bonds. The van der Waals surface area contributed by atoms with Crippen molar-refractivity contribution in [3.8, 4) is 0 Å². The fourth-order valence-corrected chi connectivity index (χ4v) is 1.75. The SMILES string of the molecule is CCOC(=O)[C@@H]1CC(NCC(Cl)Cl)CN1. The highest BCUT2D eigenvalue weighted by Crippen LogP contribution is 2.09. The quantitative estimate of drug-likeness (QED) is 0.560. The lowest BCUT2D eigenvalue weighted by atomic mass is 10.2. The van der Waals surface area contributed by atoms with E-state index in [1.54, 1.807) is 6.92 Å². The summed E-state index contributed by atoms with van der Waals surface area (Å²) in [5, 5.41) is 6.27. The fourth-order valence-electron chi connectivity index (χ4n) is 1.57. The Balaban J connectivity index is 2.23. The lowest BCUT2D eigenvalue weighted by Gasteiger charge is -2.11. The van der Waals surface area contributed by atoms with E-state index in [0.29, 0.717) is 13.2 Å². The van der Waals surface area contributed by atoms with Crippen molar-refractivity contribution in [2.75, 3.05) is 19.7 Å². The molecule has 1 rings (SSSR count). The minimum Gasteiger partial charge on any atom is -0.465 e. The van der Waals surface area contributed by atoms with Gasteiger partial charge >= 0.3 is 5.97 Å². The van der Waals surface area contributed by atoms with E-state index in [-0.39, 0.29) is 18.1 Å². The zero-order valence-corrected chi connectivity index (χ0v) is 10.1. The Morgan fingerprint density at radius 2 is 2.40 bits per heavy atom. The molecular formula is C9H16Cl2N2O2. The van der Waals surface area contributed by atoms with E-state index in [9.17, 15) is 4.79 Å². The van der Waals surface area contributed by atoms with Crippen molar-refractivity contribution in [3.05, 3.63) is 0 Å². The van der Waals surface area contributed by atoms with Gasteiger partial charge in [-0.15, -0.1) is 23.2 Å². The third-order valence-electron chi connectivity index (χ3n) is 2.26. The molecule has 0 saturated carbocycles. The Kier molecular flexibility index (Phi) is 5.68. The molecule has 4 nitrogen and oxygen atoms in total.